The molecule has 0 aliphatic rings. The number of hydrogen-bond donors (Lipinski definition) is 5. The summed E-state index contributed by atoms with van der Waals surface area (Å²) in [6.45, 7) is 0. The van der Waals surface area contributed by atoms with E-state index in [0.29, 0.717) is 5.69 Å². The average Bonchev–Trinajstić information content (AvgIpc) is 2.50. The van der Waals surface area contributed by atoms with E-state index in [-0.39, 0.29) is 22.6 Å². The number of nitrogens with two attached hydrogens (primary N) is 2. The van der Waals surface area contributed by atoms with Crippen molar-refractivity contribution < 1.29 is 29.7 Å². The third-order valence-corrected chi connectivity index (χ3v) is 2.50. The first-order valence-electron chi connectivity index (χ1n) is 5.87. The molecule has 22 heavy (non-hydrogen) atoms. The second-order valence-electron chi connectivity index (χ2n) is 4.00. The van der Waals surface area contributed by atoms with E-state index in [4.69, 9.17) is 27.0 Å². The highest BCUT2D eigenvalue weighted by Crippen LogP contribution is 2.19. The van der Waals surface area contributed by atoms with Crippen LogP contribution in [0, 0.1) is 0 Å². The van der Waals surface area contributed by atoms with Crippen molar-refractivity contribution in [2.45, 2.75) is 0 Å². The summed E-state index contributed by atoms with van der Waals surface area (Å²) < 4.78 is 0. The van der Waals surface area contributed by atoms with Gasteiger partial charge in [-0.1, -0.05) is 12.1 Å². The molecule has 0 spiro atoms. The van der Waals surface area contributed by atoms with E-state index in [2.05, 4.69) is 4.84 Å². The van der Waals surface area contributed by atoms with Crippen LogP contribution in [0.15, 0.2) is 42.5 Å². The molecule has 7 N–H and O–H groups in total. The number of hydrogen-bond acceptors (Lipinski definition) is 6. The van der Waals surface area contributed by atoms with Crippen molar-refractivity contribution in [2.24, 2.45) is 5.90 Å². The number of benzene rings is 2. The van der Waals surface area contributed by atoms with Gasteiger partial charge in [0, 0.05) is 5.69 Å². The Morgan fingerprint density at radius 1 is 0.955 bits per heavy atom. The van der Waals surface area contributed by atoms with Crippen LogP contribution in [0.3, 0.4) is 0 Å². The summed E-state index contributed by atoms with van der Waals surface area (Å²) in [5.41, 5.74) is 5.50. The summed E-state index contributed by atoms with van der Waals surface area (Å²) in [4.78, 5) is 25.1. The fraction of sp³-hybridized carbons (Fsp3) is 0. The van der Waals surface area contributed by atoms with Gasteiger partial charge in [0.15, 0.2) is 5.75 Å². The molecule has 0 heterocycles. The van der Waals surface area contributed by atoms with Crippen molar-refractivity contribution in [3.8, 4) is 11.5 Å². The van der Waals surface area contributed by atoms with Crippen molar-refractivity contribution in [3.63, 3.8) is 0 Å². The van der Waals surface area contributed by atoms with Crippen LogP contribution in [0.5, 0.6) is 11.5 Å². The maximum Gasteiger partial charge on any atom is 0.339 e. The lowest BCUT2D eigenvalue weighted by molar-refractivity contribution is 0.0681. The van der Waals surface area contributed by atoms with Gasteiger partial charge in [-0.05, 0) is 30.3 Å². The quantitative estimate of drug-likeness (QED) is 0.323. The Morgan fingerprint density at radius 3 is 2.00 bits per heavy atom. The maximum absolute atomic E-state index is 10.4. The van der Waals surface area contributed by atoms with Crippen LogP contribution in [0.1, 0.15) is 20.7 Å². The van der Waals surface area contributed by atoms with E-state index < -0.39 is 11.9 Å². The molecule has 0 aromatic heterocycles. The van der Waals surface area contributed by atoms with Crippen LogP contribution >= 0.6 is 0 Å². The highest BCUT2D eigenvalue weighted by atomic mass is 16.6. The van der Waals surface area contributed by atoms with Crippen LogP contribution in [-0.4, -0.2) is 27.3 Å². The minimum absolute atomic E-state index is 0.0648. The molecule has 8 nitrogen and oxygen atoms in total. The second kappa shape index (κ2) is 7.50. The van der Waals surface area contributed by atoms with Gasteiger partial charge in [0.25, 0.3) is 0 Å². The zero-order valence-corrected chi connectivity index (χ0v) is 11.3. The summed E-state index contributed by atoms with van der Waals surface area (Å²) >= 11 is 0. The van der Waals surface area contributed by atoms with E-state index in [0.717, 1.165) is 0 Å². The lowest BCUT2D eigenvalue weighted by Crippen LogP contribution is -2.07. The molecular formula is C14H14N2O6. The van der Waals surface area contributed by atoms with E-state index in [1.807, 2.05) is 0 Å². The van der Waals surface area contributed by atoms with Gasteiger partial charge in [0.1, 0.15) is 16.9 Å². The molecule has 0 unspecified atom stereocenters. The standard InChI is InChI=1S/2C7H7NO3/c8-4-1-2-6(9)5(3-4)7(10)11;8-11-6-4-2-1-3-5(6)7(9)10/h1-3,9H,8H2,(H,10,11);1-4H,8H2,(H,9,10). The first kappa shape index (κ1) is 16.8. The average molecular weight is 306 g/mol. The Morgan fingerprint density at radius 2 is 1.55 bits per heavy atom. The van der Waals surface area contributed by atoms with E-state index in [1.54, 1.807) is 12.1 Å². The smallest absolute Gasteiger partial charge is 0.339 e. The number of carboxylic acid groups (broad SMARTS) is 2. The summed E-state index contributed by atoms with van der Waals surface area (Å²) in [5, 5.41) is 26.0. The maximum atomic E-state index is 10.4. The molecule has 0 aliphatic carbocycles. The molecule has 8 heteroatoms. The molecule has 0 saturated heterocycles. The number of aromatic carboxylic acids is 2. The van der Waals surface area contributed by atoms with Gasteiger partial charge in [-0.25, -0.2) is 9.59 Å². The predicted octanol–water partition coefficient (Wildman–Crippen LogP) is 1.31. The van der Waals surface area contributed by atoms with Crippen LogP contribution in [0.2, 0.25) is 0 Å². The van der Waals surface area contributed by atoms with Gasteiger partial charge < -0.3 is 25.9 Å². The van der Waals surface area contributed by atoms with Crippen LogP contribution in [0.25, 0.3) is 0 Å². The second-order valence-corrected chi connectivity index (χ2v) is 4.00. The molecule has 0 atom stereocenters. The fourth-order valence-electron chi connectivity index (χ4n) is 1.47. The molecule has 0 amide bonds. The highest BCUT2D eigenvalue weighted by Gasteiger charge is 2.09. The molecule has 0 fully saturated rings. The van der Waals surface area contributed by atoms with E-state index in [9.17, 15) is 9.59 Å². The number of phenols is 1. The van der Waals surface area contributed by atoms with Crippen molar-refractivity contribution in [3.05, 3.63) is 53.6 Å². The summed E-state index contributed by atoms with van der Waals surface area (Å²) in [5.74, 6) is 2.48. The van der Waals surface area contributed by atoms with Gasteiger partial charge in [0.2, 0.25) is 0 Å². The lowest BCUT2D eigenvalue weighted by atomic mass is 10.2. The minimum Gasteiger partial charge on any atom is -0.507 e. The topological polar surface area (TPSA) is 156 Å². The fourth-order valence-corrected chi connectivity index (χ4v) is 1.47. The number of para-hydroxylation sites is 1. The number of aromatic hydroxyl groups is 1. The summed E-state index contributed by atoms with van der Waals surface area (Å²) in [6.07, 6.45) is 0. The van der Waals surface area contributed by atoms with Gasteiger partial charge in [-0.2, -0.15) is 5.90 Å². The number of carboxylic acids is 2. The van der Waals surface area contributed by atoms with Gasteiger partial charge in [0.05, 0.1) is 0 Å². The number of carbonyl (C=O) groups is 2. The SMILES string of the molecule is NOc1ccccc1C(=O)O.Nc1ccc(O)c(C(=O)O)c1. The van der Waals surface area contributed by atoms with Gasteiger partial charge in [-0.3, -0.25) is 0 Å². The Labute approximate surface area is 125 Å². The first-order valence-corrected chi connectivity index (χ1v) is 5.87. The molecule has 116 valence electrons. The lowest BCUT2D eigenvalue weighted by Gasteiger charge is -2.00. The molecular weight excluding hydrogens is 292 g/mol. The Bertz CT molecular complexity index is 687. The van der Waals surface area contributed by atoms with Crippen LogP contribution in [-0.2, 0) is 0 Å². The van der Waals surface area contributed by atoms with Crippen molar-refractivity contribution >= 4 is 17.6 Å². The zero-order valence-electron chi connectivity index (χ0n) is 11.3. The normalized spacial score (nSPS) is 9.32. The first-order chi connectivity index (χ1) is 10.4. The third kappa shape index (κ3) is 4.39. The molecule has 0 aliphatic heterocycles. The number of rotatable bonds is 3. The number of anilines is 1. The highest BCUT2D eigenvalue weighted by molar-refractivity contribution is 5.92. The van der Waals surface area contributed by atoms with Crippen LogP contribution in [0.4, 0.5) is 5.69 Å². The monoisotopic (exact) mass is 306 g/mol. The Hall–Kier alpha value is -3.26. The summed E-state index contributed by atoms with van der Waals surface area (Å²) in [6, 6.07) is 10.0. The third-order valence-electron chi connectivity index (χ3n) is 2.50. The van der Waals surface area contributed by atoms with Gasteiger partial charge in [-0.15, -0.1) is 0 Å². The van der Waals surface area contributed by atoms with E-state index >= 15 is 0 Å². The van der Waals surface area contributed by atoms with Crippen molar-refractivity contribution in [2.75, 3.05) is 5.73 Å². The van der Waals surface area contributed by atoms with Gasteiger partial charge >= 0.3 is 11.9 Å². The van der Waals surface area contributed by atoms with Crippen LogP contribution < -0.4 is 16.5 Å². The predicted molar refractivity (Wildman–Crippen MR) is 77.7 cm³/mol. The van der Waals surface area contributed by atoms with Crippen molar-refractivity contribution in [1.82, 2.24) is 0 Å². The largest absolute Gasteiger partial charge is 0.507 e. The number of nitrogen functional groups attached to an aromatic ring is 1. The minimum atomic E-state index is -1.19. The van der Waals surface area contributed by atoms with Crippen molar-refractivity contribution in [1.29, 1.82) is 0 Å². The molecule has 0 bridgehead atoms. The zero-order chi connectivity index (χ0) is 16.7. The summed E-state index contributed by atoms with van der Waals surface area (Å²) in [7, 11) is 0. The van der Waals surface area contributed by atoms with E-state index in [1.165, 1.54) is 30.3 Å². The Kier molecular flexibility index (Phi) is 5.73. The Balaban J connectivity index is 0.000000220. The molecule has 0 radical (unpaired) electrons. The molecule has 2 aromatic carbocycles. The molecule has 2 rings (SSSR count). The molecule has 2 aromatic rings. The molecule has 0 saturated carbocycles.